The number of hydrogen-bond acceptors (Lipinski definition) is 8. The van der Waals surface area contributed by atoms with Crippen molar-refractivity contribution in [1.82, 2.24) is 25.1 Å². The van der Waals surface area contributed by atoms with Gasteiger partial charge in [-0.3, -0.25) is 14.5 Å². The number of aryl methyl sites for hydroxylation is 1. The zero-order valence-corrected chi connectivity index (χ0v) is 19.1. The largest absolute Gasteiger partial charge is 0.476 e. The third kappa shape index (κ3) is 5.55. The van der Waals surface area contributed by atoms with Gasteiger partial charge in [0.05, 0.1) is 11.7 Å². The highest BCUT2D eigenvalue weighted by Crippen LogP contribution is 2.25. The van der Waals surface area contributed by atoms with Crippen LogP contribution in [-0.2, 0) is 11.2 Å². The van der Waals surface area contributed by atoms with Crippen molar-refractivity contribution in [2.24, 2.45) is 0 Å². The number of carbonyl (C=O) groups is 2. The van der Waals surface area contributed by atoms with E-state index in [-0.39, 0.29) is 17.6 Å². The molecule has 3 aromatic rings. The smallest absolute Gasteiger partial charge is 0.355 e. The molecule has 10 nitrogen and oxygen atoms in total. The number of rotatable bonds is 9. The molecule has 3 N–H and O–H groups in total. The molecule has 33 heavy (non-hydrogen) atoms. The second kappa shape index (κ2) is 10.5. The Morgan fingerprint density at radius 1 is 1.33 bits per heavy atom. The van der Waals surface area contributed by atoms with Gasteiger partial charge in [-0.05, 0) is 37.8 Å². The van der Waals surface area contributed by atoms with Crippen molar-refractivity contribution in [3.63, 3.8) is 0 Å². The number of thiazole rings is 1. The first-order valence-electron chi connectivity index (χ1n) is 10.8. The molecule has 0 radical (unpaired) electrons. The zero-order chi connectivity index (χ0) is 23.2. The summed E-state index contributed by atoms with van der Waals surface area (Å²) in [7, 11) is 1.78. The Morgan fingerprint density at radius 2 is 2.15 bits per heavy atom. The lowest BCUT2D eigenvalue weighted by atomic mass is 10.1. The summed E-state index contributed by atoms with van der Waals surface area (Å²) >= 11 is 1.29. The molecule has 3 aromatic heterocycles. The van der Waals surface area contributed by atoms with Gasteiger partial charge in [0.2, 0.25) is 0 Å². The van der Waals surface area contributed by atoms with Crippen LogP contribution < -0.4 is 10.6 Å². The molecule has 4 heterocycles. The number of nitrogens with zero attached hydrogens (tertiary/aromatic N) is 4. The molecule has 1 saturated heterocycles. The second-order valence-corrected chi connectivity index (χ2v) is 8.56. The zero-order valence-electron chi connectivity index (χ0n) is 18.3. The van der Waals surface area contributed by atoms with Crippen molar-refractivity contribution in [2.45, 2.75) is 31.7 Å². The summed E-state index contributed by atoms with van der Waals surface area (Å²) in [6, 6.07) is 3.96. The van der Waals surface area contributed by atoms with Crippen molar-refractivity contribution in [2.75, 3.05) is 32.1 Å². The molecule has 0 bridgehead atoms. The fourth-order valence-electron chi connectivity index (χ4n) is 3.69. The van der Waals surface area contributed by atoms with Crippen LogP contribution in [0.5, 0.6) is 0 Å². The fraction of sp³-hybridized carbons (Fsp3) is 0.409. The van der Waals surface area contributed by atoms with E-state index < -0.39 is 5.97 Å². The average Bonchev–Trinajstić information content (AvgIpc) is 3.50. The van der Waals surface area contributed by atoms with Crippen molar-refractivity contribution in [3.05, 3.63) is 47.0 Å². The van der Waals surface area contributed by atoms with Crippen LogP contribution in [0.25, 0.3) is 10.6 Å². The number of aromatic carboxylic acids is 1. The summed E-state index contributed by atoms with van der Waals surface area (Å²) in [5.41, 5.74) is 2.82. The number of carbonyl (C=O) groups excluding carboxylic acids is 1. The molecule has 0 spiro atoms. The maximum absolute atomic E-state index is 12.7. The van der Waals surface area contributed by atoms with Crippen LogP contribution in [0, 0.1) is 0 Å². The second-order valence-electron chi connectivity index (χ2n) is 7.70. The maximum Gasteiger partial charge on any atom is 0.355 e. The molecule has 1 aliphatic heterocycles. The SMILES string of the molecule is CNc1cn(C2CCOCC2)nc1C(=O)NCCCc1cc(-c2nc(C(=O)O)cs2)ccn1. The van der Waals surface area contributed by atoms with Gasteiger partial charge in [0, 0.05) is 55.8 Å². The Kier molecular flexibility index (Phi) is 7.30. The van der Waals surface area contributed by atoms with Gasteiger partial charge in [-0.25, -0.2) is 9.78 Å². The third-order valence-corrected chi connectivity index (χ3v) is 6.35. The molecule has 0 aliphatic carbocycles. The summed E-state index contributed by atoms with van der Waals surface area (Å²) in [5, 5.41) is 21.7. The number of ether oxygens (including phenoxy) is 1. The number of aromatic nitrogens is 4. The van der Waals surface area contributed by atoms with Crippen LogP contribution in [0.3, 0.4) is 0 Å². The highest BCUT2D eigenvalue weighted by molar-refractivity contribution is 7.13. The standard InChI is InChI=1S/C22H26N6O4S/c1-23-17-12-28(16-5-9-32-10-6-16)27-19(17)20(29)25-7-2-3-15-11-14(4-8-24-15)21-26-18(13-33-21)22(30)31/h4,8,11-13,16,23H,2-3,5-7,9-10H2,1H3,(H,25,29)(H,30,31). The number of anilines is 1. The summed E-state index contributed by atoms with van der Waals surface area (Å²) in [5.74, 6) is -1.25. The Morgan fingerprint density at radius 3 is 2.88 bits per heavy atom. The number of hydrogen-bond donors (Lipinski definition) is 3. The van der Waals surface area contributed by atoms with Gasteiger partial charge in [0.15, 0.2) is 11.4 Å². The van der Waals surface area contributed by atoms with Crippen LogP contribution in [0.2, 0.25) is 0 Å². The predicted octanol–water partition coefficient (Wildman–Crippen LogP) is 2.86. The van der Waals surface area contributed by atoms with Gasteiger partial charge in [-0.15, -0.1) is 11.3 Å². The minimum absolute atomic E-state index is 0.0382. The molecule has 174 valence electrons. The highest BCUT2D eigenvalue weighted by Gasteiger charge is 2.21. The van der Waals surface area contributed by atoms with E-state index in [9.17, 15) is 9.59 Å². The first kappa shape index (κ1) is 22.9. The van der Waals surface area contributed by atoms with Gasteiger partial charge in [0.25, 0.3) is 5.91 Å². The monoisotopic (exact) mass is 470 g/mol. The van der Waals surface area contributed by atoms with Gasteiger partial charge < -0.3 is 20.5 Å². The third-order valence-electron chi connectivity index (χ3n) is 5.46. The molecular weight excluding hydrogens is 444 g/mol. The van der Waals surface area contributed by atoms with Crippen molar-refractivity contribution < 1.29 is 19.4 Å². The number of carboxylic acids is 1. The Balaban J connectivity index is 1.31. The molecule has 1 aliphatic rings. The van der Waals surface area contributed by atoms with Crippen LogP contribution >= 0.6 is 11.3 Å². The van der Waals surface area contributed by atoms with Gasteiger partial charge in [0.1, 0.15) is 5.01 Å². The minimum atomic E-state index is -1.04. The number of nitrogens with one attached hydrogen (secondary N) is 2. The van der Waals surface area contributed by atoms with E-state index in [2.05, 4.69) is 25.7 Å². The molecule has 4 rings (SSSR count). The number of carboxylic acid groups (broad SMARTS) is 1. The average molecular weight is 471 g/mol. The Hall–Kier alpha value is -3.31. The fourth-order valence-corrected chi connectivity index (χ4v) is 4.48. The van der Waals surface area contributed by atoms with Crippen LogP contribution in [0.15, 0.2) is 29.9 Å². The summed E-state index contributed by atoms with van der Waals surface area (Å²) in [4.78, 5) is 32.3. The van der Waals surface area contributed by atoms with E-state index in [4.69, 9.17) is 9.84 Å². The predicted molar refractivity (Wildman–Crippen MR) is 124 cm³/mol. The summed E-state index contributed by atoms with van der Waals surface area (Å²) in [6.07, 6.45) is 6.71. The van der Waals surface area contributed by atoms with E-state index in [1.807, 2.05) is 23.0 Å². The van der Waals surface area contributed by atoms with E-state index in [0.717, 1.165) is 24.1 Å². The molecule has 1 fully saturated rings. The summed E-state index contributed by atoms with van der Waals surface area (Å²) in [6.45, 7) is 1.90. The van der Waals surface area contributed by atoms with Crippen LogP contribution in [-0.4, -0.2) is 63.5 Å². The van der Waals surface area contributed by atoms with Crippen LogP contribution in [0.4, 0.5) is 5.69 Å². The molecule has 11 heteroatoms. The molecule has 0 aromatic carbocycles. The number of pyridine rings is 1. The van der Waals surface area contributed by atoms with Crippen molar-refractivity contribution in [3.8, 4) is 10.6 Å². The highest BCUT2D eigenvalue weighted by atomic mass is 32.1. The minimum Gasteiger partial charge on any atom is -0.476 e. The molecule has 0 unspecified atom stereocenters. The maximum atomic E-state index is 12.7. The van der Waals surface area contributed by atoms with E-state index in [1.165, 1.54) is 16.7 Å². The molecule has 1 amide bonds. The first-order valence-corrected chi connectivity index (χ1v) is 11.7. The van der Waals surface area contributed by atoms with E-state index in [1.54, 1.807) is 13.2 Å². The van der Waals surface area contributed by atoms with Crippen LogP contribution in [0.1, 0.15) is 52.0 Å². The van der Waals surface area contributed by atoms with Gasteiger partial charge >= 0.3 is 5.97 Å². The molecular formula is C22H26N6O4S. The lowest BCUT2D eigenvalue weighted by molar-refractivity contribution is 0.0660. The lowest BCUT2D eigenvalue weighted by Crippen LogP contribution is -2.26. The number of amides is 1. The quantitative estimate of drug-likeness (QED) is 0.407. The van der Waals surface area contributed by atoms with Gasteiger partial charge in [-0.2, -0.15) is 5.10 Å². The van der Waals surface area contributed by atoms with Gasteiger partial charge in [-0.1, -0.05) is 0 Å². The molecule has 0 atom stereocenters. The molecule has 0 saturated carbocycles. The Labute approximate surface area is 195 Å². The van der Waals surface area contributed by atoms with E-state index >= 15 is 0 Å². The van der Waals surface area contributed by atoms with Crippen molar-refractivity contribution in [1.29, 1.82) is 0 Å². The Bertz CT molecular complexity index is 1120. The lowest BCUT2D eigenvalue weighted by Gasteiger charge is -2.22. The topological polar surface area (TPSA) is 131 Å². The first-order chi connectivity index (χ1) is 16.0. The summed E-state index contributed by atoms with van der Waals surface area (Å²) < 4.78 is 7.28. The van der Waals surface area contributed by atoms with Crippen molar-refractivity contribution >= 4 is 28.9 Å². The van der Waals surface area contributed by atoms with E-state index in [0.29, 0.717) is 49.0 Å². The normalized spacial score (nSPS) is 14.2.